The first-order chi connectivity index (χ1) is 16.1. The Hall–Kier alpha value is -1.80. The highest BCUT2D eigenvalue weighted by molar-refractivity contribution is 7.99. The van der Waals surface area contributed by atoms with Crippen molar-refractivity contribution in [1.82, 2.24) is 14.8 Å². The SMILES string of the molecule is CCOC(=O)C1CSCN1C(=O)C1C(c2ccc(Cl)nc2)C2CCC1N2Cc1ccccc1.Cl. The van der Waals surface area contributed by atoms with Gasteiger partial charge in [0.05, 0.1) is 18.4 Å². The standard InChI is InChI=1S/C25H28ClN3O3S.ClH/c1-2-32-25(31)20-14-33-15-29(20)24(30)23-19-10-9-18(22(23)17-8-11-21(26)27-12-17)28(19)13-16-6-4-3-5-7-16;/h3-8,11-12,18-20,22-23H,2,9-10,13-15H2,1H3;1H. The zero-order valence-corrected chi connectivity index (χ0v) is 21.4. The Bertz CT molecular complexity index is 1010. The van der Waals surface area contributed by atoms with Crippen molar-refractivity contribution in [3.8, 4) is 0 Å². The van der Waals surface area contributed by atoms with Gasteiger partial charge in [-0.05, 0) is 37.0 Å². The van der Waals surface area contributed by atoms with Crippen LogP contribution in [0.4, 0.5) is 0 Å². The third-order valence-corrected chi connectivity index (χ3v) is 8.41. The predicted octanol–water partition coefficient (Wildman–Crippen LogP) is 4.37. The number of esters is 1. The average molecular weight is 522 g/mol. The predicted molar refractivity (Wildman–Crippen MR) is 136 cm³/mol. The summed E-state index contributed by atoms with van der Waals surface area (Å²) in [5.74, 6) is 0.685. The van der Waals surface area contributed by atoms with Crippen LogP contribution in [0, 0.1) is 5.92 Å². The molecule has 1 amide bonds. The normalized spacial score (nSPS) is 28.1. The van der Waals surface area contributed by atoms with Crippen LogP contribution >= 0.6 is 35.8 Å². The number of nitrogens with zero attached hydrogens (tertiary/aromatic N) is 3. The monoisotopic (exact) mass is 521 g/mol. The maximum atomic E-state index is 14.0. The number of benzene rings is 1. The number of aromatic nitrogens is 1. The second kappa shape index (κ2) is 10.9. The van der Waals surface area contributed by atoms with E-state index in [1.165, 1.54) is 5.56 Å². The van der Waals surface area contributed by atoms with Crippen molar-refractivity contribution in [2.75, 3.05) is 18.2 Å². The van der Waals surface area contributed by atoms with Gasteiger partial charge in [0.15, 0.2) is 0 Å². The maximum absolute atomic E-state index is 14.0. The van der Waals surface area contributed by atoms with Crippen molar-refractivity contribution in [2.45, 2.75) is 50.4 Å². The number of hydrogen-bond donors (Lipinski definition) is 0. The van der Waals surface area contributed by atoms with Crippen molar-refractivity contribution in [3.63, 3.8) is 0 Å². The zero-order chi connectivity index (χ0) is 22.9. The molecular formula is C25H29Cl2N3O3S. The van der Waals surface area contributed by atoms with Gasteiger partial charge in [0.2, 0.25) is 5.91 Å². The van der Waals surface area contributed by atoms with Crippen LogP contribution in [0.5, 0.6) is 0 Å². The topological polar surface area (TPSA) is 62.7 Å². The van der Waals surface area contributed by atoms with Crippen molar-refractivity contribution < 1.29 is 14.3 Å². The Kier molecular flexibility index (Phi) is 8.08. The summed E-state index contributed by atoms with van der Waals surface area (Å²) < 4.78 is 5.27. The summed E-state index contributed by atoms with van der Waals surface area (Å²) in [6.45, 7) is 2.93. The summed E-state index contributed by atoms with van der Waals surface area (Å²) in [6, 6.07) is 14.1. The van der Waals surface area contributed by atoms with Gasteiger partial charge < -0.3 is 9.64 Å². The molecule has 2 aromatic rings. The summed E-state index contributed by atoms with van der Waals surface area (Å²) >= 11 is 7.68. The molecule has 3 aliphatic heterocycles. The van der Waals surface area contributed by atoms with E-state index in [4.69, 9.17) is 16.3 Å². The Morgan fingerprint density at radius 3 is 2.62 bits per heavy atom. The lowest BCUT2D eigenvalue weighted by Gasteiger charge is -2.33. The van der Waals surface area contributed by atoms with Crippen molar-refractivity contribution in [1.29, 1.82) is 0 Å². The van der Waals surface area contributed by atoms with Gasteiger partial charge in [-0.1, -0.05) is 48.0 Å². The molecule has 5 unspecified atom stereocenters. The molecule has 0 N–H and O–H groups in total. The molecule has 3 saturated heterocycles. The Labute approximate surface area is 215 Å². The molecule has 0 saturated carbocycles. The molecule has 3 aliphatic rings. The number of carbonyl (C=O) groups excluding carboxylic acids is 2. The first-order valence-corrected chi connectivity index (χ1v) is 13.1. The van der Waals surface area contributed by atoms with Gasteiger partial charge in [-0.3, -0.25) is 9.69 Å². The maximum Gasteiger partial charge on any atom is 0.329 e. The average Bonchev–Trinajstić information content (AvgIpc) is 3.54. The van der Waals surface area contributed by atoms with Crippen LogP contribution in [-0.2, 0) is 20.9 Å². The van der Waals surface area contributed by atoms with Crippen LogP contribution < -0.4 is 0 Å². The van der Waals surface area contributed by atoms with E-state index in [0.717, 1.165) is 24.9 Å². The first kappa shape index (κ1) is 25.3. The molecule has 0 aliphatic carbocycles. The first-order valence-electron chi connectivity index (χ1n) is 11.5. The van der Waals surface area contributed by atoms with Crippen LogP contribution in [0.3, 0.4) is 0 Å². The molecule has 34 heavy (non-hydrogen) atoms. The highest BCUT2D eigenvalue weighted by Crippen LogP contribution is 2.52. The van der Waals surface area contributed by atoms with E-state index in [2.05, 4.69) is 34.1 Å². The molecule has 1 aromatic heterocycles. The van der Waals surface area contributed by atoms with Crippen LogP contribution in [0.15, 0.2) is 48.7 Å². The molecule has 2 bridgehead atoms. The molecule has 9 heteroatoms. The zero-order valence-electron chi connectivity index (χ0n) is 19.0. The van der Waals surface area contributed by atoms with Crippen molar-refractivity contribution >= 4 is 47.6 Å². The summed E-state index contributed by atoms with van der Waals surface area (Å²) in [5.41, 5.74) is 2.29. The minimum atomic E-state index is -0.506. The van der Waals surface area contributed by atoms with Gasteiger partial charge in [0.25, 0.3) is 0 Å². The van der Waals surface area contributed by atoms with Gasteiger partial charge in [0, 0.05) is 36.5 Å². The highest BCUT2D eigenvalue weighted by atomic mass is 35.5. The summed E-state index contributed by atoms with van der Waals surface area (Å²) in [7, 11) is 0. The lowest BCUT2D eigenvalue weighted by Crippen LogP contribution is -2.49. The quantitative estimate of drug-likeness (QED) is 0.415. The van der Waals surface area contributed by atoms with E-state index in [9.17, 15) is 9.59 Å². The fourth-order valence-corrected chi connectivity index (χ4v) is 7.08. The van der Waals surface area contributed by atoms with E-state index in [1.807, 2.05) is 18.3 Å². The third kappa shape index (κ3) is 4.68. The number of thioether (sulfide) groups is 1. The highest BCUT2D eigenvalue weighted by Gasteiger charge is 2.58. The molecular weight excluding hydrogens is 493 g/mol. The number of fused-ring (bicyclic) bond motifs is 2. The summed E-state index contributed by atoms with van der Waals surface area (Å²) in [4.78, 5) is 35.2. The molecule has 1 aromatic carbocycles. The minimum absolute atomic E-state index is 0. The van der Waals surface area contributed by atoms with Crippen LogP contribution in [0.25, 0.3) is 0 Å². The number of pyridine rings is 1. The van der Waals surface area contributed by atoms with E-state index >= 15 is 0 Å². The molecule has 5 atom stereocenters. The molecule has 3 fully saturated rings. The van der Waals surface area contributed by atoms with Gasteiger partial charge in [0.1, 0.15) is 11.2 Å². The van der Waals surface area contributed by atoms with Crippen molar-refractivity contribution in [2.24, 2.45) is 5.92 Å². The Morgan fingerprint density at radius 1 is 1.15 bits per heavy atom. The largest absolute Gasteiger partial charge is 0.464 e. The third-order valence-electron chi connectivity index (χ3n) is 7.18. The van der Waals surface area contributed by atoms with E-state index in [1.54, 1.807) is 29.7 Å². The smallest absolute Gasteiger partial charge is 0.329 e. The molecule has 4 heterocycles. The van der Waals surface area contributed by atoms with Crippen LogP contribution in [0.2, 0.25) is 5.15 Å². The van der Waals surface area contributed by atoms with E-state index < -0.39 is 6.04 Å². The number of hydrogen-bond acceptors (Lipinski definition) is 6. The van der Waals surface area contributed by atoms with Crippen LogP contribution in [-0.4, -0.2) is 63.0 Å². The van der Waals surface area contributed by atoms with Gasteiger partial charge in [-0.15, -0.1) is 24.2 Å². The Morgan fingerprint density at radius 2 is 1.91 bits per heavy atom. The number of carbonyl (C=O) groups is 2. The fraction of sp³-hybridized carbons (Fsp3) is 0.480. The Balaban J connectivity index is 0.00000274. The van der Waals surface area contributed by atoms with Gasteiger partial charge in [-0.2, -0.15) is 0 Å². The lowest BCUT2D eigenvalue weighted by atomic mass is 9.75. The molecule has 0 radical (unpaired) electrons. The molecule has 6 nitrogen and oxygen atoms in total. The lowest BCUT2D eigenvalue weighted by molar-refractivity contribution is -0.154. The second-order valence-electron chi connectivity index (χ2n) is 8.91. The molecule has 182 valence electrons. The fourth-order valence-electron chi connectivity index (χ4n) is 5.82. The number of ether oxygens (including phenoxy) is 1. The van der Waals surface area contributed by atoms with Gasteiger partial charge >= 0.3 is 5.97 Å². The van der Waals surface area contributed by atoms with Crippen LogP contribution in [0.1, 0.15) is 36.8 Å². The van der Waals surface area contributed by atoms with E-state index in [-0.39, 0.29) is 48.2 Å². The van der Waals surface area contributed by atoms with Gasteiger partial charge in [-0.25, -0.2) is 9.78 Å². The summed E-state index contributed by atoms with van der Waals surface area (Å²) in [5, 5.41) is 0.448. The second-order valence-corrected chi connectivity index (χ2v) is 10.3. The van der Waals surface area contributed by atoms with E-state index in [0.29, 0.717) is 23.4 Å². The minimum Gasteiger partial charge on any atom is -0.464 e. The molecule has 0 spiro atoms. The van der Waals surface area contributed by atoms with Crippen molar-refractivity contribution in [3.05, 3.63) is 64.9 Å². The number of amides is 1. The number of halogens is 2. The number of rotatable bonds is 6. The summed E-state index contributed by atoms with van der Waals surface area (Å²) in [6.07, 6.45) is 3.84. The molecule has 5 rings (SSSR count).